The number of carbonyl (C=O) groups is 2. The van der Waals surface area contributed by atoms with Gasteiger partial charge in [-0.05, 0) is 37.1 Å². The van der Waals surface area contributed by atoms with Crippen molar-refractivity contribution in [2.75, 3.05) is 13.7 Å². The Kier molecular flexibility index (Phi) is 5.33. The lowest BCUT2D eigenvalue weighted by atomic mass is 9.98. The number of esters is 1. The molecule has 1 fully saturated rings. The number of hydrogen-bond acceptors (Lipinski definition) is 4. The largest absolute Gasteiger partial charge is 0.469 e. The van der Waals surface area contributed by atoms with E-state index in [0.29, 0.717) is 12.0 Å². The highest BCUT2D eigenvalue weighted by atomic mass is 16.5. The number of methoxy groups -OCH3 is 1. The van der Waals surface area contributed by atoms with E-state index >= 15 is 0 Å². The molecule has 1 aliphatic heterocycles. The van der Waals surface area contributed by atoms with Gasteiger partial charge in [0.05, 0.1) is 13.5 Å². The highest BCUT2D eigenvalue weighted by Crippen LogP contribution is 2.22. The second kappa shape index (κ2) is 7.22. The summed E-state index contributed by atoms with van der Waals surface area (Å²) in [5.74, 6) is -0.570. The van der Waals surface area contributed by atoms with E-state index in [2.05, 4.69) is 4.90 Å². The van der Waals surface area contributed by atoms with Gasteiger partial charge in [-0.25, -0.2) is 0 Å². The first-order chi connectivity index (χ1) is 10.1. The highest BCUT2D eigenvalue weighted by molar-refractivity contribution is 5.92. The zero-order chi connectivity index (χ0) is 15.2. The molecule has 5 nitrogen and oxygen atoms in total. The van der Waals surface area contributed by atoms with Crippen LogP contribution in [-0.4, -0.2) is 36.5 Å². The minimum atomic E-state index is -0.414. The molecule has 0 spiro atoms. The normalized spacial score (nSPS) is 19.2. The van der Waals surface area contributed by atoms with Crippen molar-refractivity contribution in [3.8, 4) is 0 Å². The lowest BCUT2D eigenvalue weighted by molar-refractivity contribution is -0.142. The Bertz CT molecular complexity index is 499. The molecule has 1 heterocycles. The number of amides is 1. The summed E-state index contributed by atoms with van der Waals surface area (Å²) < 4.78 is 4.78. The molecule has 1 aliphatic rings. The van der Waals surface area contributed by atoms with Gasteiger partial charge < -0.3 is 10.5 Å². The van der Waals surface area contributed by atoms with Gasteiger partial charge in [-0.2, -0.15) is 0 Å². The number of piperidine rings is 1. The third-order valence-electron chi connectivity index (χ3n) is 4.00. The predicted molar refractivity (Wildman–Crippen MR) is 79.6 cm³/mol. The van der Waals surface area contributed by atoms with Crippen LogP contribution in [0, 0.1) is 0 Å². The van der Waals surface area contributed by atoms with Crippen molar-refractivity contribution in [1.82, 2.24) is 4.90 Å². The van der Waals surface area contributed by atoms with Gasteiger partial charge in [0, 0.05) is 18.2 Å². The molecule has 1 amide bonds. The number of nitrogens with zero attached hydrogens (tertiary/aromatic N) is 1. The second-order valence-electron chi connectivity index (χ2n) is 5.46. The molecular formula is C16H22N2O3. The maximum atomic E-state index is 11.5. The van der Waals surface area contributed by atoms with E-state index in [1.165, 1.54) is 7.11 Å². The van der Waals surface area contributed by atoms with Crippen LogP contribution in [0.3, 0.4) is 0 Å². The lowest BCUT2D eigenvalue weighted by Gasteiger charge is -2.35. The number of ether oxygens (including phenoxy) is 1. The summed E-state index contributed by atoms with van der Waals surface area (Å²) in [5, 5.41) is 0. The van der Waals surface area contributed by atoms with Crippen LogP contribution in [0.1, 0.15) is 41.6 Å². The molecule has 114 valence electrons. The van der Waals surface area contributed by atoms with Crippen LogP contribution in [0.2, 0.25) is 0 Å². The van der Waals surface area contributed by atoms with Gasteiger partial charge in [-0.1, -0.05) is 18.6 Å². The van der Waals surface area contributed by atoms with Gasteiger partial charge in [0.15, 0.2) is 0 Å². The van der Waals surface area contributed by atoms with E-state index in [1.54, 1.807) is 12.1 Å². The average Bonchev–Trinajstić information content (AvgIpc) is 2.49. The average molecular weight is 290 g/mol. The van der Waals surface area contributed by atoms with Crippen molar-refractivity contribution < 1.29 is 14.3 Å². The van der Waals surface area contributed by atoms with Crippen LogP contribution in [0.15, 0.2) is 24.3 Å². The first kappa shape index (κ1) is 15.5. The molecule has 2 rings (SSSR count). The van der Waals surface area contributed by atoms with Crippen LogP contribution < -0.4 is 5.73 Å². The van der Waals surface area contributed by atoms with E-state index in [9.17, 15) is 9.59 Å². The molecule has 2 N–H and O–H groups in total. The first-order valence-electron chi connectivity index (χ1n) is 7.29. The van der Waals surface area contributed by atoms with E-state index < -0.39 is 5.91 Å². The maximum absolute atomic E-state index is 11.5. The zero-order valence-electron chi connectivity index (χ0n) is 12.4. The summed E-state index contributed by atoms with van der Waals surface area (Å²) >= 11 is 0. The molecule has 1 unspecified atom stereocenters. The number of primary amides is 1. The van der Waals surface area contributed by atoms with Crippen LogP contribution in [0.4, 0.5) is 0 Å². The summed E-state index contributed by atoms with van der Waals surface area (Å²) in [7, 11) is 1.43. The Hall–Kier alpha value is -1.88. The van der Waals surface area contributed by atoms with Crippen molar-refractivity contribution in [3.63, 3.8) is 0 Å². The molecule has 0 radical (unpaired) electrons. The molecule has 5 heteroatoms. The monoisotopic (exact) mass is 290 g/mol. The van der Waals surface area contributed by atoms with E-state index in [4.69, 9.17) is 10.5 Å². The van der Waals surface area contributed by atoms with Crippen LogP contribution in [0.25, 0.3) is 0 Å². The van der Waals surface area contributed by atoms with Gasteiger partial charge in [-0.3, -0.25) is 14.5 Å². The SMILES string of the molecule is COC(=O)CC1CCCCN1Cc1ccc(C(N)=O)cc1. The van der Waals surface area contributed by atoms with Gasteiger partial charge in [-0.15, -0.1) is 0 Å². The van der Waals surface area contributed by atoms with E-state index in [0.717, 1.165) is 37.9 Å². The van der Waals surface area contributed by atoms with Crippen molar-refractivity contribution in [3.05, 3.63) is 35.4 Å². The fourth-order valence-electron chi connectivity index (χ4n) is 2.78. The fraction of sp³-hybridized carbons (Fsp3) is 0.500. The molecule has 1 saturated heterocycles. The smallest absolute Gasteiger partial charge is 0.307 e. The third kappa shape index (κ3) is 4.29. The predicted octanol–water partition coefficient (Wildman–Crippen LogP) is 1.70. The Morgan fingerprint density at radius 1 is 1.29 bits per heavy atom. The lowest BCUT2D eigenvalue weighted by Crippen LogP contribution is -2.40. The summed E-state index contributed by atoms with van der Waals surface area (Å²) in [6, 6.07) is 7.57. The summed E-state index contributed by atoms with van der Waals surface area (Å²) in [4.78, 5) is 24.9. The standard InChI is InChI=1S/C16H22N2O3/c1-21-15(19)10-14-4-2-3-9-18(14)11-12-5-7-13(8-6-12)16(17)20/h5-8,14H,2-4,9-11H2,1H3,(H2,17,20). The van der Waals surface area contributed by atoms with Crippen LogP contribution in [0.5, 0.6) is 0 Å². The van der Waals surface area contributed by atoms with Gasteiger partial charge >= 0.3 is 5.97 Å². The molecule has 1 aromatic carbocycles. The van der Waals surface area contributed by atoms with Crippen LogP contribution >= 0.6 is 0 Å². The fourth-order valence-corrected chi connectivity index (χ4v) is 2.78. The molecular weight excluding hydrogens is 268 g/mol. The Morgan fingerprint density at radius 2 is 2.00 bits per heavy atom. The van der Waals surface area contributed by atoms with Crippen molar-refractivity contribution in [1.29, 1.82) is 0 Å². The van der Waals surface area contributed by atoms with Crippen molar-refractivity contribution in [2.45, 2.75) is 38.3 Å². The second-order valence-corrected chi connectivity index (χ2v) is 5.46. The number of benzene rings is 1. The molecule has 0 aromatic heterocycles. The Morgan fingerprint density at radius 3 is 2.62 bits per heavy atom. The zero-order valence-corrected chi connectivity index (χ0v) is 12.4. The molecule has 0 saturated carbocycles. The van der Waals surface area contributed by atoms with Crippen molar-refractivity contribution in [2.24, 2.45) is 5.73 Å². The number of rotatable bonds is 5. The number of carbonyl (C=O) groups excluding carboxylic acids is 2. The highest BCUT2D eigenvalue weighted by Gasteiger charge is 2.25. The number of likely N-dealkylation sites (tertiary alicyclic amines) is 1. The summed E-state index contributed by atoms with van der Waals surface area (Å²) in [6.45, 7) is 1.76. The van der Waals surface area contributed by atoms with E-state index in [-0.39, 0.29) is 12.0 Å². The Labute approximate surface area is 125 Å². The molecule has 0 bridgehead atoms. The topological polar surface area (TPSA) is 72.6 Å². The first-order valence-corrected chi connectivity index (χ1v) is 7.29. The minimum Gasteiger partial charge on any atom is -0.469 e. The molecule has 21 heavy (non-hydrogen) atoms. The van der Waals surface area contributed by atoms with Gasteiger partial charge in [0.2, 0.25) is 5.91 Å². The molecule has 0 aliphatic carbocycles. The molecule has 1 atom stereocenters. The van der Waals surface area contributed by atoms with E-state index in [1.807, 2.05) is 12.1 Å². The molecule has 1 aromatic rings. The quantitative estimate of drug-likeness (QED) is 0.838. The number of hydrogen-bond donors (Lipinski definition) is 1. The van der Waals surface area contributed by atoms with Gasteiger partial charge in [0.1, 0.15) is 0 Å². The van der Waals surface area contributed by atoms with Crippen molar-refractivity contribution >= 4 is 11.9 Å². The maximum Gasteiger partial charge on any atom is 0.307 e. The number of nitrogens with two attached hydrogens (primary N) is 1. The summed E-state index contributed by atoms with van der Waals surface area (Å²) in [5.41, 5.74) is 6.88. The van der Waals surface area contributed by atoms with Gasteiger partial charge in [0.25, 0.3) is 0 Å². The van der Waals surface area contributed by atoms with Crippen LogP contribution in [-0.2, 0) is 16.1 Å². The Balaban J connectivity index is 2.01. The minimum absolute atomic E-state index is 0.157. The summed E-state index contributed by atoms with van der Waals surface area (Å²) in [6.07, 6.45) is 3.76. The third-order valence-corrected chi connectivity index (χ3v) is 4.00.